The van der Waals surface area contributed by atoms with E-state index >= 15 is 0 Å². The summed E-state index contributed by atoms with van der Waals surface area (Å²) in [6.07, 6.45) is 8.23. The zero-order chi connectivity index (χ0) is 13.3. The summed E-state index contributed by atoms with van der Waals surface area (Å²) in [5, 5.41) is 3.51. The highest BCUT2D eigenvalue weighted by Gasteiger charge is 2.43. The van der Waals surface area contributed by atoms with Crippen molar-refractivity contribution in [3.05, 3.63) is 0 Å². The minimum atomic E-state index is 0. The standard InChI is InChI=1S/C16H28N2O.ClH/c1-2-16(7-3-4-8-16)15(19)18-9-5-13-11-17-12-14(13)6-10-18;/h13-14,17H,2-12H2,1H3;1H/t13-,14+;. The van der Waals surface area contributed by atoms with Crippen LogP contribution >= 0.6 is 12.4 Å². The summed E-state index contributed by atoms with van der Waals surface area (Å²) in [7, 11) is 0. The van der Waals surface area contributed by atoms with E-state index in [9.17, 15) is 4.79 Å². The Balaban J connectivity index is 0.00000147. The minimum Gasteiger partial charge on any atom is -0.342 e. The molecule has 1 saturated carbocycles. The molecule has 1 amide bonds. The molecular weight excluding hydrogens is 272 g/mol. The third-order valence-corrected chi connectivity index (χ3v) is 6.00. The first-order valence-corrected chi connectivity index (χ1v) is 8.25. The monoisotopic (exact) mass is 300 g/mol. The largest absolute Gasteiger partial charge is 0.342 e. The number of halogens is 1. The number of carbonyl (C=O) groups is 1. The van der Waals surface area contributed by atoms with Gasteiger partial charge in [-0.3, -0.25) is 4.79 Å². The summed E-state index contributed by atoms with van der Waals surface area (Å²) in [6, 6.07) is 0. The molecule has 0 unspecified atom stereocenters. The first-order valence-electron chi connectivity index (χ1n) is 8.25. The molecule has 3 aliphatic rings. The number of fused-ring (bicyclic) bond motifs is 1. The van der Waals surface area contributed by atoms with E-state index in [4.69, 9.17) is 0 Å². The topological polar surface area (TPSA) is 32.3 Å². The van der Waals surface area contributed by atoms with Crippen molar-refractivity contribution in [2.24, 2.45) is 17.3 Å². The summed E-state index contributed by atoms with van der Waals surface area (Å²) < 4.78 is 0. The molecule has 3 fully saturated rings. The highest BCUT2D eigenvalue weighted by molar-refractivity contribution is 5.85. The molecule has 4 heteroatoms. The normalized spacial score (nSPS) is 32.4. The van der Waals surface area contributed by atoms with Crippen LogP contribution in [-0.4, -0.2) is 37.0 Å². The van der Waals surface area contributed by atoms with Gasteiger partial charge in [-0.2, -0.15) is 0 Å². The Morgan fingerprint density at radius 3 is 2.20 bits per heavy atom. The summed E-state index contributed by atoms with van der Waals surface area (Å²) in [6.45, 7) is 6.56. The van der Waals surface area contributed by atoms with Crippen molar-refractivity contribution in [2.45, 2.75) is 51.9 Å². The van der Waals surface area contributed by atoms with E-state index in [0.717, 1.165) is 44.2 Å². The summed E-state index contributed by atoms with van der Waals surface area (Å²) >= 11 is 0. The third-order valence-electron chi connectivity index (χ3n) is 6.00. The van der Waals surface area contributed by atoms with Gasteiger partial charge >= 0.3 is 0 Å². The molecule has 2 aliphatic heterocycles. The van der Waals surface area contributed by atoms with Gasteiger partial charge in [-0.15, -0.1) is 12.4 Å². The molecule has 20 heavy (non-hydrogen) atoms. The van der Waals surface area contributed by atoms with Crippen LogP contribution in [-0.2, 0) is 4.79 Å². The Hall–Kier alpha value is -0.280. The maximum Gasteiger partial charge on any atom is 0.228 e. The molecule has 2 atom stereocenters. The van der Waals surface area contributed by atoms with Crippen molar-refractivity contribution in [1.82, 2.24) is 10.2 Å². The molecule has 0 bridgehead atoms. The molecule has 116 valence electrons. The highest BCUT2D eigenvalue weighted by Crippen LogP contribution is 2.43. The van der Waals surface area contributed by atoms with Gasteiger partial charge in [-0.25, -0.2) is 0 Å². The maximum atomic E-state index is 12.9. The van der Waals surface area contributed by atoms with Crippen LogP contribution in [0.5, 0.6) is 0 Å². The first-order chi connectivity index (χ1) is 9.25. The van der Waals surface area contributed by atoms with Crippen molar-refractivity contribution in [1.29, 1.82) is 0 Å². The molecular formula is C16H29ClN2O. The van der Waals surface area contributed by atoms with Gasteiger partial charge in [0, 0.05) is 18.5 Å². The molecule has 2 saturated heterocycles. The molecule has 3 nitrogen and oxygen atoms in total. The Kier molecular flexibility index (Phi) is 5.36. The summed E-state index contributed by atoms with van der Waals surface area (Å²) in [5.74, 6) is 2.12. The fourth-order valence-corrected chi connectivity index (χ4v) is 4.53. The second-order valence-electron chi connectivity index (χ2n) is 6.89. The Bertz CT molecular complexity index is 327. The Labute approximate surface area is 129 Å². The predicted octanol–water partition coefficient (Wildman–Crippen LogP) is 2.84. The van der Waals surface area contributed by atoms with Gasteiger partial charge in [-0.1, -0.05) is 19.8 Å². The van der Waals surface area contributed by atoms with E-state index in [1.165, 1.54) is 38.8 Å². The van der Waals surface area contributed by atoms with Crippen molar-refractivity contribution >= 4 is 18.3 Å². The second-order valence-corrected chi connectivity index (χ2v) is 6.89. The molecule has 0 spiro atoms. The fraction of sp³-hybridized carbons (Fsp3) is 0.938. The predicted molar refractivity (Wildman–Crippen MR) is 84.1 cm³/mol. The van der Waals surface area contributed by atoms with Gasteiger partial charge in [0.15, 0.2) is 0 Å². The van der Waals surface area contributed by atoms with Crippen molar-refractivity contribution in [3.8, 4) is 0 Å². The van der Waals surface area contributed by atoms with Crippen LogP contribution in [0.3, 0.4) is 0 Å². The van der Waals surface area contributed by atoms with Gasteiger partial charge in [0.1, 0.15) is 0 Å². The van der Waals surface area contributed by atoms with Gasteiger partial charge in [0.2, 0.25) is 5.91 Å². The molecule has 1 N–H and O–H groups in total. The minimum absolute atomic E-state index is 0. The lowest BCUT2D eigenvalue weighted by atomic mass is 9.82. The van der Waals surface area contributed by atoms with Crippen LogP contribution in [0.1, 0.15) is 51.9 Å². The molecule has 1 aliphatic carbocycles. The number of hydrogen-bond acceptors (Lipinski definition) is 2. The molecule has 0 aromatic rings. The summed E-state index contributed by atoms with van der Waals surface area (Å²) in [5.41, 5.74) is 0.0116. The van der Waals surface area contributed by atoms with E-state index < -0.39 is 0 Å². The SMILES string of the molecule is CCC1(C(=O)N2CC[C@@H]3CNC[C@@H]3CC2)CCCC1.Cl. The molecule has 0 radical (unpaired) electrons. The van der Waals surface area contributed by atoms with E-state index in [1.807, 2.05) is 0 Å². The van der Waals surface area contributed by atoms with E-state index in [0.29, 0.717) is 5.91 Å². The van der Waals surface area contributed by atoms with Gasteiger partial charge < -0.3 is 10.2 Å². The van der Waals surface area contributed by atoms with Crippen LogP contribution < -0.4 is 5.32 Å². The van der Waals surface area contributed by atoms with Gasteiger partial charge in [0.25, 0.3) is 0 Å². The number of likely N-dealkylation sites (tertiary alicyclic amines) is 1. The first kappa shape index (κ1) is 16.1. The van der Waals surface area contributed by atoms with Gasteiger partial charge in [-0.05, 0) is 57.0 Å². The van der Waals surface area contributed by atoms with E-state index in [-0.39, 0.29) is 17.8 Å². The van der Waals surface area contributed by atoms with Gasteiger partial charge in [0.05, 0.1) is 0 Å². The Morgan fingerprint density at radius 2 is 1.70 bits per heavy atom. The van der Waals surface area contributed by atoms with Crippen LogP contribution in [0.2, 0.25) is 0 Å². The zero-order valence-corrected chi connectivity index (χ0v) is 13.5. The number of amides is 1. The average Bonchev–Trinajstić information content (AvgIpc) is 3.05. The quantitative estimate of drug-likeness (QED) is 0.850. The second kappa shape index (κ2) is 6.65. The number of nitrogens with one attached hydrogen (secondary N) is 1. The van der Waals surface area contributed by atoms with Crippen LogP contribution in [0, 0.1) is 17.3 Å². The van der Waals surface area contributed by atoms with Crippen molar-refractivity contribution in [2.75, 3.05) is 26.2 Å². The lowest BCUT2D eigenvalue weighted by Gasteiger charge is -2.33. The smallest absolute Gasteiger partial charge is 0.228 e. The average molecular weight is 301 g/mol. The lowest BCUT2D eigenvalue weighted by molar-refractivity contribution is -0.142. The van der Waals surface area contributed by atoms with E-state index in [1.54, 1.807) is 0 Å². The van der Waals surface area contributed by atoms with Crippen molar-refractivity contribution < 1.29 is 4.79 Å². The van der Waals surface area contributed by atoms with E-state index in [2.05, 4.69) is 17.1 Å². The Morgan fingerprint density at radius 1 is 1.15 bits per heavy atom. The maximum absolute atomic E-state index is 12.9. The molecule has 0 aromatic heterocycles. The molecule has 0 aromatic carbocycles. The lowest BCUT2D eigenvalue weighted by Crippen LogP contribution is -2.43. The van der Waals surface area contributed by atoms with Crippen LogP contribution in [0.25, 0.3) is 0 Å². The highest BCUT2D eigenvalue weighted by atomic mass is 35.5. The number of nitrogens with zero attached hydrogens (tertiary/aromatic N) is 1. The number of rotatable bonds is 2. The molecule has 2 heterocycles. The summed E-state index contributed by atoms with van der Waals surface area (Å²) in [4.78, 5) is 15.2. The number of hydrogen-bond donors (Lipinski definition) is 1. The van der Waals surface area contributed by atoms with Crippen LogP contribution in [0.4, 0.5) is 0 Å². The fourth-order valence-electron chi connectivity index (χ4n) is 4.53. The van der Waals surface area contributed by atoms with Crippen molar-refractivity contribution in [3.63, 3.8) is 0 Å². The number of carbonyl (C=O) groups excluding carboxylic acids is 1. The molecule has 3 rings (SSSR count). The third kappa shape index (κ3) is 2.85. The zero-order valence-electron chi connectivity index (χ0n) is 12.7. The van der Waals surface area contributed by atoms with Crippen LogP contribution in [0.15, 0.2) is 0 Å².